The van der Waals surface area contributed by atoms with Crippen LogP contribution >= 0.6 is 0 Å². The molecule has 2 heterocycles. The van der Waals surface area contributed by atoms with Crippen molar-refractivity contribution in [2.45, 2.75) is 38.3 Å². The zero-order valence-corrected chi connectivity index (χ0v) is 13.2. The van der Waals surface area contributed by atoms with Crippen LogP contribution in [0.3, 0.4) is 0 Å². The maximum absolute atomic E-state index is 6.26. The molecule has 1 aromatic carbocycles. The SMILES string of the molecule is CC(C)N1CCC(CN)(N2CCCOc3ccccc32)C1. The first-order valence-corrected chi connectivity index (χ1v) is 8.10. The Bertz CT molecular complexity index is 491. The average Bonchev–Trinajstić information content (AvgIpc) is 2.83. The van der Waals surface area contributed by atoms with Crippen LogP contribution < -0.4 is 15.4 Å². The Morgan fingerprint density at radius 3 is 2.81 bits per heavy atom. The molecule has 2 aliphatic heterocycles. The van der Waals surface area contributed by atoms with Crippen LogP contribution in [0.2, 0.25) is 0 Å². The number of ether oxygens (including phenoxy) is 1. The molecule has 4 heteroatoms. The summed E-state index contributed by atoms with van der Waals surface area (Å²) in [5.74, 6) is 1.01. The van der Waals surface area contributed by atoms with Crippen molar-refractivity contribution in [3.63, 3.8) is 0 Å². The van der Waals surface area contributed by atoms with Crippen LogP contribution in [-0.2, 0) is 0 Å². The smallest absolute Gasteiger partial charge is 0.142 e. The summed E-state index contributed by atoms with van der Waals surface area (Å²) in [6, 6.07) is 8.98. The second kappa shape index (κ2) is 5.85. The van der Waals surface area contributed by atoms with E-state index in [4.69, 9.17) is 10.5 Å². The molecule has 2 N–H and O–H groups in total. The van der Waals surface area contributed by atoms with Crippen LogP contribution in [0.4, 0.5) is 5.69 Å². The van der Waals surface area contributed by atoms with Crippen LogP contribution in [0.1, 0.15) is 26.7 Å². The highest BCUT2D eigenvalue weighted by Gasteiger charge is 2.43. The summed E-state index contributed by atoms with van der Waals surface area (Å²) >= 11 is 0. The quantitative estimate of drug-likeness (QED) is 0.925. The van der Waals surface area contributed by atoms with Crippen molar-refractivity contribution in [2.24, 2.45) is 5.73 Å². The van der Waals surface area contributed by atoms with Gasteiger partial charge in [0.1, 0.15) is 5.75 Å². The zero-order chi connectivity index (χ0) is 14.9. The maximum Gasteiger partial charge on any atom is 0.142 e. The number of nitrogens with zero attached hydrogens (tertiary/aromatic N) is 2. The number of likely N-dealkylation sites (tertiary alicyclic amines) is 1. The summed E-state index contributed by atoms with van der Waals surface area (Å²) in [6.07, 6.45) is 2.19. The second-order valence-electron chi connectivity index (χ2n) is 6.56. The van der Waals surface area contributed by atoms with Crippen LogP contribution in [-0.4, -0.2) is 49.3 Å². The van der Waals surface area contributed by atoms with Crippen molar-refractivity contribution in [1.29, 1.82) is 0 Å². The number of hydrogen-bond donors (Lipinski definition) is 1. The monoisotopic (exact) mass is 289 g/mol. The summed E-state index contributed by atoms with van der Waals surface area (Å²) in [5.41, 5.74) is 7.52. The van der Waals surface area contributed by atoms with E-state index in [0.717, 1.165) is 44.8 Å². The molecule has 0 saturated carbocycles. The highest BCUT2D eigenvalue weighted by Crippen LogP contribution is 2.39. The summed E-state index contributed by atoms with van der Waals surface area (Å²) in [5, 5.41) is 0. The van der Waals surface area contributed by atoms with Crippen LogP contribution in [0.5, 0.6) is 5.75 Å². The van der Waals surface area contributed by atoms with Crippen LogP contribution in [0.15, 0.2) is 24.3 Å². The molecule has 2 aliphatic rings. The minimum absolute atomic E-state index is 0.0497. The van der Waals surface area contributed by atoms with Gasteiger partial charge >= 0.3 is 0 Å². The Hall–Kier alpha value is -1.26. The fraction of sp³-hybridized carbons (Fsp3) is 0.647. The predicted octanol–water partition coefficient (Wildman–Crippen LogP) is 2.09. The lowest BCUT2D eigenvalue weighted by Gasteiger charge is -2.42. The minimum atomic E-state index is 0.0497. The Morgan fingerprint density at radius 2 is 2.10 bits per heavy atom. The summed E-state index contributed by atoms with van der Waals surface area (Å²) in [4.78, 5) is 5.07. The Kier molecular flexibility index (Phi) is 4.09. The third kappa shape index (κ3) is 2.62. The first-order valence-electron chi connectivity index (χ1n) is 8.10. The Labute approximate surface area is 127 Å². The Morgan fingerprint density at radius 1 is 1.29 bits per heavy atom. The lowest BCUT2D eigenvalue weighted by molar-refractivity contribution is 0.253. The van der Waals surface area contributed by atoms with E-state index >= 15 is 0 Å². The van der Waals surface area contributed by atoms with Gasteiger partial charge in [0, 0.05) is 32.2 Å². The molecular weight excluding hydrogens is 262 g/mol. The molecule has 0 amide bonds. The molecule has 1 aromatic rings. The average molecular weight is 289 g/mol. The molecule has 0 aliphatic carbocycles. The Balaban J connectivity index is 1.94. The maximum atomic E-state index is 6.26. The fourth-order valence-corrected chi connectivity index (χ4v) is 3.65. The summed E-state index contributed by atoms with van der Waals surface area (Å²) in [6.45, 7) is 9.24. The second-order valence-corrected chi connectivity index (χ2v) is 6.56. The number of nitrogens with two attached hydrogens (primary N) is 1. The van der Waals surface area contributed by atoms with Gasteiger partial charge in [-0.1, -0.05) is 12.1 Å². The number of para-hydroxylation sites is 2. The zero-order valence-electron chi connectivity index (χ0n) is 13.2. The van der Waals surface area contributed by atoms with Gasteiger partial charge in [-0.25, -0.2) is 0 Å². The van der Waals surface area contributed by atoms with E-state index in [1.165, 1.54) is 5.69 Å². The third-order valence-electron chi connectivity index (χ3n) is 4.98. The van der Waals surface area contributed by atoms with Crippen LogP contribution in [0, 0.1) is 0 Å². The van der Waals surface area contributed by atoms with Crippen molar-refractivity contribution in [3.8, 4) is 5.75 Å². The molecule has 1 saturated heterocycles. The molecule has 116 valence electrons. The van der Waals surface area contributed by atoms with Gasteiger partial charge in [-0.2, -0.15) is 0 Å². The topological polar surface area (TPSA) is 41.7 Å². The molecule has 1 unspecified atom stereocenters. The van der Waals surface area contributed by atoms with Crippen LogP contribution in [0.25, 0.3) is 0 Å². The molecule has 0 aromatic heterocycles. The number of fused-ring (bicyclic) bond motifs is 1. The standard InChI is InChI=1S/C17H27N3O/c1-14(2)19-10-8-17(12-18,13-19)20-9-5-11-21-16-7-4-3-6-15(16)20/h3-4,6-7,14H,5,8-13,18H2,1-2H3. The number of rotatable bonds is 3. The largest absolute Gasteiger partial charge is 0.491 e. The van der Waals surface area contributed by atoms with Gasteiger partial charge in [0.05, 0.1) is 17.8 Å². The summed E-state index contributed by atoms with van der Waals surface area (Å²) < 4.78 is 5.91. The minimum Gasteiger partial charge on any atom is -0.491 e. The van der Waals surface area contributed by atoms with Gasteiger partial charge in [0.15, 0.2) is 0 Å². The lowest BCUT2D eigenvalue weighted by Crippen LogP contribution is -2.56. The predicted molar refractivity (Wildman–Crippen MR) is 87.0 cm³/mol. The van der Waals surface area contributed by atoms with E-state index < -0.39 is 0 Å². The molecule has 0 bridgehead atoms. The van der Waals surface area contributed by atoms with E-state index in [2.05, 4.69) is 41.8 Å². The molecule has 3 rings (SSSR count). The molecule has 0 radical (unpaired) electrons. The highest BCUT2D eigenvalue weighted by molar-refractivity contribution is 5.61. The van der Waals surface area contributed by atoms with Gasteiger partial charge in [-0.15, -0.1) is 0 Å². The van der Waals surface area contributed by atoms with Gasteiger partial charge in [0.2, 0.25) is 0 Å². The molecule has 4 nitrogen and oxygen atoms in total. The number of anilines is 1. The van der Waals surface area contributed by atoms with Crippen molar-refractivity contribution in [3.05, 3.63) is 24.3 Å². The van der Waals surface area contributed by atoms with Crippen molar-refractivity contribution in [2.75, 3.05) is 37.7 Å². The van der Waals surface area contributed by atoms with Crippen molar-refractivity contribution in [1.82, 2.24) is 4.90 Å². The first kappa shape index (κ1) is 14.7. The number of hydrogen-bond acceptors (Lipinski definition) is 4. The van der Waals surface area contributed by atoms with Gasteiger partial charge in [-0.05, 0) is 38.8 Å². The molecule has 0 spiro atoms. The van der Waals surface area contributed by atoms with E-state index in [1.807, 2.05) is 6.07 Å². The highest BCUT2D eigenvalue weighted by atomic mass is 16.5. The molecule has 1 fully saturated rings. The van der Waals surface area contributed by atoms with E-state index in [9.17, 15) is 0 Å². The molecule has 21 heavy (non-hydrogen) atoms. The van der Waals surface area contributed by atoms with E-state index in [-0.39, 0.29) is 5.54 Å². The fourth-order valence-electron chi connectivity index (χ4n) is 3.65. The normalized spacial score (nSPS) is 26.6. The lowest BCUT2D eigenvalue weighted by atomic mass is 9.94. The molecular formula is C17H27N3O. The van der Waals surface area contributed by atoms with Crippen molar-refractivity contribution < 1.29 is 4.74 Å². The van der Waals surface area contributed by atoms with Gasteiger partial charge in [-0.3, -0.25) is 4.90 Å². The number of benzene rings is 1. The molecule has 1 atom stereocenters. The third-order valence-corrected chi connectivity index (χ3v) is 4.98. The first-order chi connectivity index (χ1) is 10.2. The van der Waals surface area contributed by atoms with E-state index in [1.54, 1.807) is 0 Å². The van der Waals surface area contributed by atoms with Gasteiger partial charge in [0.25, 0.3) is 0 Å². The van der Waals surface area contributed by atoms with E-state index in [0.29, 0.717) is 12.6 Å². The van der Waals surface area contributed by atoms with Gasteiger partial charge < -0.3 is 15.4 Å². The summed E-state index contributed by atoms with van der Waals surface area (Å²) in [7, 11) is 0. The van der Waals surface area contributed by atoms with Crippen molar-refractivity contribution >= 4 is 5.69 Å².